The fourth-order valence-electron chi connectivity index (χ4n) is 10.9. The van der Waals surface area contributed by atoms with Gasteiger partial charge in [-0.05, 0) is 117 Å². The van der Waals surface area contributed by atoms with Crippen molar-refractivity contribution in [1.82, 2.24) is 0 Å². The SMILES string of the molecule is CC1(C)c2cc(-c3ccc4oc5ccccc5c4c3)ccc2-c2ccc(N(c3ccc(-c4cccc5c4oc4ccccc45)cc3)c3ccc(-c4cccc5c4oc4ccccc45)cc3)cc21. The summed E-state index contributed by atoms with van der Waals surface area (Å²) in [5.41, 5.74) is 20.3. The molecule has 3 heterocycles. The summed E-state index contributed by atoms with van der Waals surface area (Å²) in [7, 11) is 0. The van der Waals surface area contributed by atoms with Crippen LogP contribution in [0.1, 0.15) is 25.0 Å². The molecule has 67 heavy (non-hydrogen) atoms. The van der Waals surface area contributed by atoms with Crippen LogP contribution in [0.2, 0.25) is 0 Å². The van der Waals surface area contributed by atoms with E-state index >= 15 is 0 Å². The van der Waals surface area contributed by atoms with Gasteiger partial charge >= 0.3 is 0 Å². The quantitative estimate of drug-likeness (QED) is 0.167. The Bertz CT molecular complexity index is 3970. The maximum Gasteiger partial charge on any atom is 0.143 e. The summed E-state index contributed by atoms with van der Waals surface area (Å²) < 4.78 is 19.1. The largest absolute Gasteiger partial charge is 0.456 e. The van der Waals surface area contributed by atoms with Crippen LogP contribution in [0.15, 0.2) is 226 Å². The molecule has 0 N–H and O–H groups in total. The van der Waals surface area contributed by atoms with Gasteiger partial charge in [-0.15, -0.1) is 0 Å². The third-order valence-electron chi connectivity index (χ3n) is 14.3. The molecule has 0 atom stereocenters. The Labute approximate surface area is 386 Å². The normalized spacial score (nSPS) is 13.0. The number of hydrogen-bond donors (Lipinski definition) is 0. The number of nitrogens with zero attached hydrogens (tertiary/aromatic N) is 1. The lowest BCUT2D eigenvalue weighted by Gasteiger charge is -2.28. The van der Waals surface area contributed by atoms with Gasteiger partial charge in [-0.1, -0.05) is 153 Å². The molecule has 4 heteroatoms. The summed E-state index contributed by atoms with van der Waals surface area (Å²) in [6.07, 6.45) is 0. The summed E-state index contributed by atoms with van der Waals surface area (Å²) in [5.74, 6) is 0. The molecular weight excluding hydrogens is 819 g/mol. The van der Waals surface area contributed by atoms with E-state index in [-0.39, 0.29) is 5.41 Å². The molecular formula is C63H41NO3. The predicted molar refractivity (Wildman–Crippen MR) is 277 cm³/mol. The highest BCUT2D eigenvalue weighted by atomic mass is 16.3. The molecule has 14 rings (SSSR count). The van der Waals surface area contributed by atoms with Crippen molar-refractivity contribution in [3.63, 3.8) is 0 Å². The van der Waals surface area contributed by atoms with Crippen LogP contribution in [0.25, 0.3) is 110 Å². The first-order chi connectivity index (χ1) is 32.9. The van der Waals surface area contributed by atoms with Crippen LogP contribution in [0.4, 0.5) is 17.1 Å². The average Bonchev–Trinajstić information content (AvgIpc) is 4.12. The zero-order valence-corrected chi connectivity index (χ0v) is 36.9. The lowest BCUT2D eigenvalue weighted by atomic mass is 9.81. The van der Waals surface area contributed by atoms with E-state index in [9.17, 15) is 0 Å². The zero-order chi connectivity index (χ0) is 44.4. The minimum absolute atomic E-state index is 0.251. The lowest BCUT2D eigenvalue weighted by Crippen LogP contribution is -2.16. The van der Waals surface area contributed by atoms with Crippen LogP contribution in [0.3, 0.4) is 0 Å². The molecule has 0 fully saturated rings. The Morgan fingerprint density at radius 1 is 0.299 bits per heavy atom. The van der Waals surface area contributed by atoms with Gasteiger partial charge in [0.15, 0.2) is 0 Å². The molecule has 0 unspecified atom stereocenters. The highest BCUT2D eigenvalue weighted by Gasteiger charge is 2.36. The second-order valence-electron chi connectivity index (χ2n) is 18.4. The molecule has 10 aromatic carbocycles. The molecule has 0 spiro atoms. The zero-order valence-electron chi connectivity index (χ0n) is 36.9. The molecule has 4 nitrogen and oxygen atoms in total. The van der Waals surface area contributed by atoms with Gasteiger partial charge in [-0.3, -0.25) is 0 Å². The van der Waals surface area contributed by atoms with Crippen LogP contribution >= 0.6 is 0 Å². The summed E-state index contributed by atoms with van der Waals surface area (Å²) >= 11 is 0. The van der Waals surface area contributed by atoms with Crippen molar-refractivity contribution >= 4 is 82.9 Å². The first-order valence-corrected chi connectivity index (χ1v) is 23.0. The van der Waals surface area contributed by atoms with Crippen LogP contribution in [-0.4, -0.2) is 0 Å². The molecule has 0 bridgehead atoms. The number of furan rings is 3. The Hall–Kier alpha value is -8.60. The number of rotatable bonds is 6. The van der Waals surface area contributed by atoms with Crippen molar-refractivity contribution in [3.8, 4) is 44.5 Å². The monoisotopic (exact) mass is 859 g/mol. The van der Waals surface area contributed by atoms with E-state index in [0.717, 1.165) is 105 Å². The molecule has 0 saturated carbocycles. The highest BCUT2D eigenvalue weighted by Crippen LogP contribution is 2.52. The minimum atomic E-state index is -0.251. The van der Waals surface area contributed by atoms with Crippen molar-refractivity contribution in [2.24, 2.45) is 0 Å². The molecule has 1 aliphatic carbocycles. The van der Waals surface area contributed by atoms with E-state index in [0.29, 0.717) is 0 Å². The Morgan fingerprint density at radius 2 is 0.716 bits per heavy atom. The molecule has 0 amide bonds. The van der Waals surface area contributed by atoms with Gasteiger partial charge in [-0.2, -0.15) is 0 Å². The van der Waals surface area contributed by atoms with Gasteiger partial charge in [-0.25, -0.2) is 0 Å². The van der Waals surface area contributed by atoms with E-state index in [4.69, 9.17) is 13.3 Å². The van der Waals surface area contributed by atoms with Gasteiger partial charge in [0, 0.05) is 65.9 Å². The van der Waals surface area contributed by atoms with Gasteiger partial charge in [0.25, 0.3) is 0 Å². The van der Waals surface area contributed by atoms with Crippen LogP contribution in [0, 0.1) is 0 Å². The molecule has 13 aromatic rings. The number of hydrogen-bond acceptors (Lipinski definition) is 4. The fourth-order valence-corrected chi connectivity index (χ4v) is 10.9. The third kappa shape index (κ3) is 5.73. The fraction of sp³-hybridized carbons (Fsp3) is 0.0476. The second-order valence-corrected chi connectivity index (χ2v) is 18.4. The molecule has 316 valence electrons. The Kier molecular flexibility index (Phi) is 8.00. The van der Waals surface area contributed by atoms with Gasteiger partial charge in [0.1, 0.15) is 33.5 Å². The summed E-state index contributed by atoms with van der Waals surface area (Å²) in [6.45, 7) is 4.73. The van der Waals surface area contributed by atoms with E-state index < -0.39 is 0 Å². The summed E-state index contributed by atoms with van der Waals surface area (Å²) in [5, 5.41) is 6.79. The summed E-state index contributed by atoms with van der Waals surface area (Å²) in [4.78, 5) is 2.38. The Balaban J connectivity index is 0.871. The van der Waals surface area contributed by atoms with Crippen molar-refractivity contribution in [2.45, 2.75) is 19.3 Å². The maximum absolute atomic E-state index is 6.48. The second kappa shape index (κ2) is 14.2. The minimum Gasteiger partial charge on any atom is -0.456 e. The number of benzene rings is 10. The first-order valence-electron chi connectivity index (χ1n) is 23.0. The van der Waals surface area contributed by atoms with Crippen molar-refractivity contribution in [1.29, 1.82) is 0 Å². The molecule has 0 radical (unpaired) electrons. The Morgan fingerprint density at radius 3 is 1.30 bits per heavy atom. The van der Waals surface area contributed by atoms with Crippen LogP contribution in [-0.2, 0) is 5.41 Å². The van der Waals surface area contributed by atoms with Gasteiger partial charge in [0.2, 0.25) is 0 Å². The first kappa shape index (κ1) is 37.7. The number of anilines is 3. The van der Waals surface area contributed by atoms with E-state index in [1.165, 1.54) is 33.4 Å². The number of fused-ring (bicyclic) bond motifs is 12. The predicted octanol–water partition coefficient (Wildman–Crippen LogP) is 18.2. The smallest absolute Gasteiger partial charge is 0.143 e. The molecule has 3 aromatic heterocycles. The van der Waals surface area contributed by atoms with Crippen molar-refractivity contribution < 1.29 is 13.3 Å². The van der Waals surface area contributed by atoms with Gasteiger partial charge in [0.05, 0.1) is 0 Å². The third-order valence-corrected chi connectivity index (χ3v) is 14.3. The molecule has 0 saturated heterocycles. The lowest BCUT2D eigenvalue weighted by molar-refractivity contribution is 0.660. The van der Waals surface area contributed by atoms with E-state index in [2.05, 4.69) is 195 Å². The highest BCUT2D eigenvalue weighted by molar-refractivity contribution is 6.11. The molecule has 0 aliphatic heterocycles. The standard InChI is InChI=1S/C63H41NO3/c1-63(2)55-36-41(40-26-34-60-54(35-40)51-13-5-6-18-57(51)65-60)25-32-47(55)48-33-31-44(37-56(48)63)64(42-27-21-38(22-28-42)45-14-9-16-52-49-11-3-7-19-58(49)66-61(45)52)43-29-23-39(24-30-43)46-15-10-17-53-50-12-4-8-20-59(50)67-62(46)53/h3-37H,1-2H3. The molecule has 1 aliphatic rings. The van der Waals surface area contributed by atoms with E-state index in [1.807, 2.05) is 36.4 Å². The number of para-hydroxylation sites is 5. The van der Waals surface area contributed by atoms with E-state index in [1.54, 1.807) is 0 Å². The maximum atomic E-state index is 6.48. The van der Waals surface area contributed by atoms with Crippen LogP contribution < -0.4 is 4.90 Å². The topological polar surface area (TPSA) is 42.7 Å². The average molecular weight is 860 g/mol. The van der Waals surface area contributed by atoms with Crippen LogP contribution in [0.5, 0.6) is 0 Å². The van der Waals surface area contributed by atoms with Crippen molar-refractivity contribution in [3.05, 3.63) is 223 Å². The van der Waals surface area contributed by atoms with Crippen molar-refractivity contribution in [2.75, 3.05) is 4.90 Å². The summed E-state index contributed by atoms with van der Waals surface area (Å²) in [6, 6.07) is 76.1. The van der Waals surface area contributed by atoms with Gasteiger partial charge < -0.3 is 18.2 Å².